The van der Waals surface area contributed by atoms with Crippen molar-refractivity contribution in [1.29, 1.82) is 0 Å². The third-order valence-corrected chi connectivity index (χ3v) is 4.48. The Morgan fingerprint density at radius 1 is 1.15 bits per heavy atom. The van der Waals surface area contributed by atoms with Gasteiger partial charge in [0.2, 0.25) is 0 Å². The second kappa shape index (κ2) is 6.77. The third kappa shape index (κ3) is 2.93. The number of fused-ring (bicyclic) bond motifs is 3. The summed E-state index contributed by atoms with van der Waals surface area (Å²) in [4.78, 5) is 12.1. The molecule has 0 bridgehead atoms. The molecular formula is C21H17N3O2. The molecule has 3 aromatic rings. The molecule has 0 radical (unpaired) electrons. The standard InChI is InChI=1S/C21H17N3O2/c1-2-11-24-13-15(12-22-24)23-21(25)26-14-20-18-9-5-3-7-16(18)17-8-4-6-10-19(17)20/h1,3-10,12-13,20H,11,14H2,(H,23,25). The number of hydrogen-bond acceptors (Lipinski definition) is 3. The van der Waals surface area contributed by atoms with E-state index in [0.717, 1.165) is 0 Å². The zero-order valence-electron chi connectivity index (χ0n) is 14.1. The number of hydrogen-bond donors (Lipinski definition) is 1. The fourth-order valence-corrected chi connectivity index (χ4v) is 3.36. The Bertz CT molecular complexity index is 955. The number of rotatable bonds is 4. The molecule has 1 amide bonds. The Hall–Kier alpha value is -3.52. The minimum Gasteiger partial charge on any atom is -0.448 e. The van der Waals surface area contributed by atoms with Gasteiger partial charge in [-0.25, -0.2) is 4.79 Å². The molecule has 5 nitrogen and oxygen atoms in total. The Morgan fingerprint density at radius 3 is 2.46 bits per heavy atom. The van der Waals surface area contributed by atoms with Crippen LogP contribution in [-0.4, -0.2) is 22.5 Å². The first-order valence-corrected chi connectivity index (χ1v) is 8.34. The van der Waals surface area contributed by atoms with E-state index in [0.29, 0.717) is 12.2 Å². The molecule has 1 aromatic heterocycles. The van der Waals surface area contributed by atoms with Gasteiger partial charge in [-0.15, -0.1) is 6.42 Å². The number of nitrogens with zero attached hydrogens (tertiary/aromatic N) is 2. The van der Waals surface area contributed by atoms with Crippen LogP contribution in [0, 0.1) is 12.3 Å². The maximum Gasteiger partial charge on any atom is 0.411 e. The van der Waals surface area contributed by atoms with Crippen LogP contribution in [0.3, 0.4) is 0 Å². The molecule has 26 heavy (non-hydrogen) atoms. The number of amides is 1. The van der Waals surface area contributed by atoms with Gasteiger partial charge >= 0.3 is 6.09 Å². The molecule has 0 spiro atoms. The lowest BCUT2D eigenvalue weighted by Crippen LogP contribution is -2.17. The summed E-state index contributed by atoms with van der Waals surface area (Å²) in [6.45, 7) is 0.630. The van der Waals surface area contributed by atoms with E-state index >= 15 is 0 Å². The lowest BCUT2D eigenvalue weighted by Gasteiger charge is -2.14. The average Bonchev–Trinajstić information content (AvgIpc) is 3.23. The minimum absolute atomic E-state index is 0.0392. The summed E-state index contributed by atoms with van der Waals surface area (Å²) in [5.74, 6) is 2.53. The van der Waals surface area contributed by atoms with Crippen molar-refractivity contribution in [3.05, 3.63) is 72.1 Å². The summed E-state index contributed by atoms with van der Waals surface area (Å²) in [5, 5.41) is 6.74. The van der Waals surface area contributed by atoms with Crippen LogP contribution in [0.25, 0.3) is 11.1 Å². The molecule has 0 saturated carbocycles. The highest BCUT2D eigenvalue weighted by atomic mass is 16.5. The van der Waals surface area contributed by atoms with E-state index in [2.05, 4.69) is 40.6 Å². The molecule has 0 saturated heterocycles. The smallest absolute Gasteiger partial charge is 0.411 e. The number of benzene rings is 2. The van der Waals surface area contributed by atoms with Crippen molar-refractivity contribution in [3.63, 3.8) is 0 Å². The van der Waals surface area contributed by atoms with Gasteiger partial charge in [0.1, 0.15) is 13.2 Å². The Labute approximate surface area is 151 Å². The molecular weight excluding hydrogens is 326 g/mol. The van der Waals surface area contributed by atoms with Gasteiger partial charge < -0.3 is 4.74 Å². The normalized spacial score (nSPS) is 12.1. The van der Waals surface area contributed by atoms with Crippen molar-refractivity contribution in [2.75, 3.05) is 11.9 Å². The summed E-state index contributed by atoms with van der Waals surface area (Å²) in [6.07, 6.45) is 7.94. The van der Waals surface area contributed by atoms with E-state index in [1.807, 2.05) is 24.3 Å². The molecule has 5 heteroatoms. The molecule has 1 heterocycles. The molecule has 4 rings (SSSR count). The number of ether oxygens (including phenoxy) is 1. The SMILES string of the molecule is C#CCn1cc(NC(=O)OCC2c3ccccc3-c3ccccc32)cn1. The first kappa shape index (κ1) is 16.0. The quantitative estimate of drug-likeness (QED) is 0.732. The van der Waals surface area contributed by atoms with E-state index in [1.54, 1.807) is 17.1 Å². The molecule has 0 fully saturated rings. The highest BCUT2D eigenvalue weighted by molar-refractivity contribution is 5.84. The third-order valence-electron chi connectivity index (χ3n) is 4.48. The molecule has 0 unspecified atom stereocenters. The first-order chi connectivity index (χ1) is 12.8. The number of carbonyl (C=O) groups excluding carboxylic acids is 1. The van der Waals surface area contributed by atoms with E-state index in [9.17, 15) is 4.79 Å². The van der Waals surface area contributed by atoms with Crippen LogP contribution in [0.5, 0.6) is 0 Å². The summed E-state index contributed by atoms with van der Waals surface area (Å²) < 4.78 is 7.05. The van der Waals surface area contributed by atoms with Crippen molar-refractivity contribution >= 4 is 11.8 Å². The summed E-state index contributed by atoms with van der Waals surface area (Å²) in [6, 6.07) is 16.5. The van der Waals surface area contributed by atoms with Gasteiger partial charge in [0.15, 0.2) is 0 Å². The number of terminal acetylenes is 1. The van der Waals surface area contributed by atoms with E-state index < -0.39 is 6.09 Å². The fourth-order valence-electron chi connectivity index (χ4n) is 3.36. The Kier molecular flexibility index (Phi) is 4.16. The second-order valence-corrected chi connectivity index (χ2v) is 6.08. The van der Waals surface area contributed by atoms with Crippen LogP contribution >= 0.6 is 0 Å². The van der Waals surface area contributed by atoms with Crippen molar-refractivity contribution in [1.82, 2.24) is 9.78 Å². The van der Waals surface area contributed by atoms with Gasteiger partial charge in [0.05, 0.1) is 11.9 Å². The van der Waals surface area contributed by atoms with Crippen molar-refractivity contribution in [2.45, 2.75) is 12.5 Å². The monoisotopic (exact) mass is 343 g/mol. The van der Waals surface area contributed by atoms with E-state index in [1.165, 1.54) is 22.3 Å². The summed E-state index contributed by atoms with van der Waals surface area (Å²) >= 11 is 0. The number of aromatic nitrogens is 2. The van der Waals surface area contributed by atoms with Crippen molar-refractivity contribution in [3.8, 4) is 23.5 Å². The van der Waals surface area contributed by atoms with Gasteiger partial charge in [0, 0.05) is 12.1 Å². The second-order valence-electron chi connectivity index (χ2n) is 6.08. The highest BCUT2D eigenvalue weighted by Gasteiger charge is 2.28. The number of nitrogens with one attached hydrogen (secondary N) is 1. The highest BCUT2D eigenvalue weighted by Crippen LogP contribution is 2.44. The van der Waals surface area contributed by atoms with Gasteiger partial charge in [0.25, 0.3) is 0 Å². The predicted octanol–water partition coefficient (Wildman–Crippen LogP) is 3.88. The van der Waals surface area contributed by atoms with Gasteiger partial charge in [-0.3, -0.25) is 10.00 Å². The van der Waals surface area contributed by atoms with Crippen LogP contribution in [0.2, 0.25) is 0 Å². The van der Waals surface area contributed by atoms with E-state index in [4.69, 9.17) is 11.2 Å². The van der Waals surface area contributed by atoms with Crippen molar-refractivity contribution in [2.24, 2.45) is 0 Å². The average molecular weight is 343 g/mol. The molecule has 1 aliphatic rings. The molecule has 128 valence electrons. The molecule has 0 atom stereocenters. The number of carbonyl (C=O) groups is 1. The molecule has 1 N–H and O–H groups in total. The predicted molar refractivity (Wildman–Crippen MR) is 99.8 cm³/mol. The lowest BCUT2D eigenvalue weighted by atomic mass is 9.98. The van der Waals surface area contributed by atoms with E-state index in [-0.39, 0.29) is 12.5 Å². The van der Waals surface area contributed by atoms with Crippen LogP contribution in [-0.2, 0) is 11.3 Å². The Morgan fingerprint density at radius 2 is 1.81 bits per heavy atom. The molecule has 0 aliphatic heterocycles. The van der Waals surface area contributed by atoms with Crippen LogP contribution in [0.1, 0.15) is 17.0 Å². The zero-order chi connectivity index (χ0) is 17.9. The van der Waals surface area contributed by atoms with Gasteiger partial charge in [-0.2, -0.15) is 5.10 Å². The topological polar surface area (TPSA) is 56.2 Å². The van der Waals surface area contributed by atoms with Crippen molar-refractivity contribution < 1.29 is 9.53 Å². The van der Waals surface area contributed by atoms with Gasteiger partial charge in [-0.05, 0) is 22.3 Å². The summed E-state index contributed by atoms with van der Waals surface area (Å²) in [7, 11) is 0. The van der Waals surface area contributed by atoms with Crippen LogP contribution in [0.15, 0.2) is 60.9 Å². The molecule has 2 aromatic carbocycles. The Balaban J connectivity index is 1.46. The maximum atomic E-state index is 12.1. The van der Waals surface area contributed by atoms with Crippen LogP contribution < -0.4 is 5.32 Å². The first-order valence-electron chi connectivity index (χ1n) is 8.34. The maximum absolute atomic E-state index is 12.1. The van der Waals surface area contributed by atoms with Gasteiger partial charge in [-0.1, -0.05) is 54.5 Å². The van der Waals surface area contributed by atoms with Crippen LogP contribution in [0.4, 0.5) is 10.5 Å². The zero-order valence-corrected chi connectivity index (χ0v) is 14.1. The minimum atomic E-state index is -0.507. The fraction of sp³-hybridized carbons (Fsp3) is 0.143. The lowest BCUT2D eigenvalue weighted by molar-refractivity contribution is 0.158. The largest absolute Gasteiger partial charge is 0.448 e. The number of anilines is 1. The summed E-state index contributed by atoms with van der Waals surface area (Å²) in [5.41, 5.74) is 5.32. The molecule has 1 aliphatic carbocycles.